The van der Waals surface area contributed by atoms with Crippen molar-refractivity contribution in [3.63, 3.8) is 0 Å². The van der Waals surface area contributed by atoms with Crippen LogP contribution in [0, 0.1) is 6.92 Å². The van der Waals surface area contributed by atoms with Crippen LogP contribution in [-0.4, -0.2) is 25.1 Å². The third-order valence-corrected chi connectivity index (χ3v) is 4.44. The molecule has 2 aromatic carbocycles. The molecule has 27 heavy (non-hydrogen) atoms. The van der Waals surface area contributed by atoms with E-state index in [0.717, 1.165) is 11.1 Å². The summed E-state index contributed by atoms with van der Waals surface area (Å²) < 4.78 is 10.6. The van der Waals surface area contributed by atoms with E-state index in [1.165, 1.54) is 25.3 Å². The van der Waals surface area contributed by atoms with E-state index in [0.29, 0.717) is 22.0 Å². The third-order valence-electron chi connectivity index (χ3n) is 4.11. The fourth-order valence-corrected chi connectivity index (χ4v) is 2.73. The van der Waals surface area contributed by atoms with E-state index in [-0.39, 0.29) is 11.8 Å². The summed E-state index contributed by atoms with van der Waals surface area (Å²) in [5.74, 6) is 0.0760. The van der Waals surface area contributed by atoms with E-state index in [1.807, 2.05) is 25.1 Å². The van der Waals surface area contributed by atoms with Crippen LogP contribution in [0.15, 0.2) is 36.4 Å². The lowest BCUT2D eigenvalue weighted by molar-refractivity contribution is -0.122. The maximum atomic E-state index is 12.6. The average molecular weight is 390 g/mol. The van der Waals surface area contributed by atoms with E-state index < -0.39 is 12.1 Å². The molecule has 0 heterocycles. The number of rotatable bonds is 6. The van der Waals surface area contributed by atoms with Crippen LogP contribution in [0.1, 0.15) is 48.2 Å². The lowest BCUT2D eigenvalue weighted by Crippen LogP contribution is -2.30. The smallest absolute Gasteiger partial charge is 0.337 e. The van der Waals surface area contributed by atoms with Crippen molar-refractivity contribution in [2.24, 2.45) is 0 Å². The van der Waals surface area contributed by atoms with Crippen molar-refractivity contribution < 1.29 is 19.1 Å². The van der Waals surface area contributed by atoms with Crippen LogP contribution in [0.25, 0.3) is 0 Å². The van der Waals surface area contributed by atoms with E-state index in [1.54, 1.807) is 6.92 Å². The van der Waals surface area contributed by atoms with E-state index in [9.17, 15) is 9.59 Å². The SMILES string of the molecule is COC(=O)c1ccc(Cl)c(NC(=O)[C@@H](C)Oc2cc(C)ccc2C(C)C)c1. The average Bonchev–Trinajstić information content (AvgIpc) is 2.62. The van der Waals surface area contributed by atoms with Gasteiger partial charge in [-0.2, -0.15) is 0 Å². The Balaban J connectivity index is 2.17. The highest BCUT2D eigenvalue weighted by molar-refractivity contribution is 6.33. The Morgan fingerprint density at radius 1 is 1.07 bits per heavy atom. The Labute approximate surface area is 164 Å². The summed E-state index contributed by atoms with van der Waals surface area (Å²) >= 11 is 6.13. The molecule has 144 valence electrons. The molecule has 0 radical (unpaired) electrons. The fourth-order valence-electron chi connectivity index (χ4n) is 2.56. The van der Waals surface area contributed by atoms with Crippen LogP contribution in [0.2, 0.25) is 5.02 Å². The van der Waals surface area contributed by atoms with Crippen LogP contribution in [0.4, 0.5) is 5.69 Å². The van der Waals surface area contributed by atoms with Gasteiger partial charge in [-0.1, -0.05) is 37.6 Å². The summed E-state index contributed by atoms with van der Waals surface area (Å²) in [5, 5.41) is 3.03. The van der Waals surface area contributed by atoms with Gasteiger partial charge < -0.3 is 14.8 Å². The number of carbonyl (C=O) groups is 2. The van der Waals surface area contributed by atoms with Gasteiger partial charge in [0.25, 0.3) is 5.91 Å². The Morgan fingerprint density at radius 3 is 2.41 bits per heavy atom. The predicted molar refractivity (Wildman–Crippen MR) is 107 cm³/mol. The minimum atomic E-state index is -0.748. The maximum absolute atomic E-state index is 12.6. The largest absolute Gasteiger partial charge is 0.481 e. The van der Waals surface area contributed by atoms with Gasteiger partial charge in [0, 0.05) is 0 Å². The molecule has 5 nitrogen and oxygen atoms in total. The molecule has 1 N–H and O–H groups in total. The van der Waals surface area contributed by atoms with Gasteiger partial charge in [-0.15, -0.1) is 0 Å². The van der Waals surface area contributed by atoms with E-state index in [2.05, 4.69) is 23.9 Å². The topological polar surface area (TPSA) is 64.6 Å². The van der Waals surface area contributed by atoms with Crippen LogP contribution in [0.5, 0.6) is 5.75 Å². The zero-order valence-corrected chi connectivity index (χ0v) is 16.9. The monoisotopic (exact) mass is 389 g/mol. The molecule has 0 aliphatic heterocycles. The number of amides is 1. The molecule has 0 unspecified atom stereocenters. The van der Waals surface area contributed by atoms with Crippen LogP contribution in [0.3, 0.4) is 0 Å². The molecule has 0 saturated carbocycles. The number of hydrogen-bond acceptors (Lipinski definition) is 4. The number of hydrogen-bond donors (Lipinski definition) is 1. The number of ether oxygens (including phenoxy) is 2. The molecular formula is C21H24ClNO4. The van der Waals surface area contributed by atoms with Crippen molar-refractivity contribution in [3.8, 4) is 5.75 Å². The first kappa shape index (κ1) is 20.8. The maximum Gasteiger partial charge on any atom is 0.337 e. The molecule has 0 bridgehead atoms. The Kier molecular flexibility index (Phi) is 6.86. The lowest BCUT2D eigenvalue weighted by Gasteiger charge is -2.19. The summed E-state index contributed by atoms with van der Waals surface area (Å²) in [5.41, 5.74) is 2.71. The molecule has 6 heteroatoms. The normalized spacial score (nSPS) is 11.8. The minimum absolute atomic E-state index is 0.266. The molecule has 1 atom stereocenters. The highest BCUT2D eigenvalue weighted by Gasteiger charge is 2.19. The van der Waals surface area contributed by atoms with Gasteiger partial charge >= 0.3 is 5.97 Å². The number of anilines is 1. The highest BCUT2D eigenvalue weighted by Crippen LogP contribution is 2.29. The molecule has 2 rings (SSSR count). The molecule has 0 aromatic heterocycles. The molecule has 0 aliphatic rings. The first-order valence-electron chi connectivity index (χ1n) is 8.68. The molecule has 0 fully saturated rings. The van der Waals surface area contributed by atoms with Gasteiger partial charge in [0.1, 0.15) is 5.75 Å². The third kappa shape index (κ3) is 5.23. The zero-order valence-electron chi connectivity index (χ0n) is 16.1. The van der Waals surface area contributed by atoms with Crippen LogP contribution in [-0.2, 0) is 9.53 Å². The number of aryl methyl sites for hydroxylation is 1. The standard InChI is InChI=1S/C21H24ClNO4/c1-12(2)16-8-6-13(3)10-19(16)27-14(4)20(24)23-18-11-15(21(25)26-5)7-9-17(18)22/h6-12,14H,1-5H3,(H,23,24)/t14-/m1/s1. The summed E-state index contributed by atoms with van der Waals surface area (Å²) in [4.78, 5) is 24.2. The summed E-state index contributed by atoms with van der Waals surface area (Å²) in [7, 11) is 1.29. The van der Waals surface area contributed by atoms with E-state index >= 15 is 0 Å². The molecule has 0 saturated heterocycles. The van der Waals surface area contributed by atoms with Gasteiger partial charge in [-0.3, -0.25) is 4.79 Å². The van der Waals surface area contributed by atoms with Crippen LogP contribution >= 0.6 is 11.6 Å². The second-order valence-corrected chi connectivity index (χ2v) is 7.04. The van der Waals surface area contributed by atoms with Gasteiger partial charge in [0.2, 0.25) is 0 Å². The summed E-state index contributed by atoms with van der Waals surface area (Å²) in [6, 6.07) is 10.5. The minimum Gasteiger partial charge on any atom is -0.481 e. The lowest BCUT2D eigenvalue weighted by atomic mass is 10.0. The number of halogens is 1. The number of esters is 1. The Hall–Kier alpha value is -2.53. The quantitative estimate of drug-likeness (QED) is 0.709. The zero-order chi connectivity index (χ0) is 20.1. The molecule has 1 amide bonds. The summed E-state index contributed by atoms with van der Waals surface area (Å²) in [6.45, 7) is 7.78. The molecule has 2 aromatic rings. The first-order valence-corrected chi connectivity index (χ1v) is 9.06. The first-order chi connectivity index (χ1) is 12.7. The molecular weight excluding hydrogens is 366 g/mol. The van der Waals surface area contributed by atoms with E-state index in [4.69, 9.17) is 16.3 Å². The fraction of sp³-hybridized carbons (Fsp3) is 0.333. The van der Waals surface area contributed by atoms with Crippen molar-refractivity contribution in [2.75, 3.05) is 12.4 Å². The molecule has 0 aliphatic carbocycles. The Bertz CT molecular complexity index is 848. The number of carbonyl (C=O) groups excluding carboxylic acids is 2. The second-order valence-electron chi connectivity index (χ2n) is 6.63. The summed E-state index contributed by atoms with van der Waals surface area (Å²) in [6.07, 6.45) is -0.748. The number of nitrogens with one attached hydrogen (secondary N) is 1. The Morgan fingerprint density at radius 2 is 1.78 bits per heavy atom. The predicted octanol–water partition coefficient (Wildman–Crippen LogP) is 4.96. The van der Waals surface area contributed by atoms with Crippen molar-refractivity contribution in [1.82, 2.24) is 0 Å². The van der Waals surface area contributed by atoms with Gasteiger partial charge in [-0.25, -0.2) is 4.79 Å². The van der Waals surface area contributed by atoms with Crippen LogP contribution < -0.4 is 10.1 Å². The number of benzene rings is 2. The van der Waals surface area contributed by atoms with Crippen molar-refractivity contribution >= 4 is 29.2 Å². The van der Waals surface area contributed by atoms with Gasteiger partial charge in [0.15, 0.2) is 6.10 Å². The van der Waals surface area contributed by atoms with Gasteiger partial charge in [-0.05, 0) is 55.2 Å². The van der Waals surface area contributed by atoms with Gasteiger partial charge in [0.05, 0.1) is 23.4 Å². The molecule has 0 spiro atoms. The van der Waals surface area contributed by atoms with Crippen molar-refractivity contribution in [2.45, 2.75) is 39.7 Å². The van der Waals surface area contributed by atoms with Crippen molar-refractivity contribution in [1.29, 1.82) is 0 Å². The number of methoxy groups -OCH3 is 1. The highest BCUT2D eigenvalue weighted by atomic mass is 35.5. The second kappa shape index (κ2) is 8.91. The van der Waals surface area contributed by atoms with Crippen molar-refractivity contribution in [3.05, 3.63) is 58.1 Å².